The number of para-hydroxylation sites is 1. The fraction of sp³-hybridized carbons (Fsp3) is 0.238. The van der Waals surface area contributed by atoms with Crippen molar-refractivity contribution in [2.75, 3.05) is 17.7 Å². The van der Waals surface area contributed by atoms with Crippen LogP contribution in [0.2, 0.25) is 10.0 Å². The highest BCUT2D eigenvalue weighted by Gasteiger charge is 2.34. The molecule has 1 aromatic heterocycles. The lowest BCUT2D eigenvalue weighted by Gasteiger charge is -2.30. The van der Waals surface area contributed by atoms with Gasteiger partial charge in [0.15, 0.2) is 0 Å². The molecule has 0 saturated heterocycles. The van der Waals surface area contributed by atoms with Crippen LogP contribution in [0.4, 0.5) is 5.69 Å². The number of rotatable bonds is 6. The molecule has 31 heavy (non-hydrogen) atoms. The highest BCUT2D eigenvalue weighted by atomic mass is 35.5. The van der Waals surface area contributed by atoms with Gasteiger partial charge in [-0.2, -0.15) is 0 Å². The van der Waals surface area contributed by atoms with Gasteiger partial charge in [0.2, 0.25) is 10.0 Å². The molecular weight excluding hydrogens is 463 g/mol. The molecule has 1 atom stereocenters. The summed E-state index contributed by atoms with van der Waals surface area (Å²) in [5, 5.41) is 0.991. The smallest absolute Gasteiger partial charge is 0.340 e. The van der Waals surface area contributed by atoms with E-state index in [0.29, 0.717) is 10.9 Å². The number of halogens is 2. The van der Waals surface area contributed by atoms with Gasteiger partial charge in [-0.3, -0.25) is 13.7 Å². The van der Waals surface area contributed by atoms with Crippen molar-refractivity contribution in [3.8, 4) is 0 Å². The number of ether oxygens (including phenoxy) is 1. The normalized spacial score (nSPS) is 12.5. The van der Waals surface area contributed by atoms with E-state index in [-0.39, 0.29) is 27.7 Å². The van der Waals surface area contributed by atoms with Crippen molar-refractivity contribution in [1.29, 1.82) is 0 Å². The summed E-state index contributed by atoms with van der Waals surface area (Å²) in [6, 6.07) is 10.0. The number of nitrogens with zero attached hydrogens (tertiary/aromatic N) is 2. The second kappa shape index (κ2) is 8.90. The molecule has 0 saturated carbocycles. The predicted octanol–water partition coefficient (Wildman–Crippen LogP) is 4.62. The summed E-state index contributed by atoms with van der Waals surface area (Å²) >= 11 is 12.1. The number of aromatic nitrogens is 1. The van der Waals surface area contributed by atoms with E-state index in [2.05, 4.69) is 0 Å². The Hall–Kier alpha value is -2.55. The zero-order chi connectivity index (χ0) is 22.9. The van der Waals surface area contributed by atoms with Crippen LogP contribution in [0.1, 0.15) is 28.5 Å². The van der Waals surface area contributed by atoms with Crippen LogP contribution < -0.4 is 4.31 Å². The van der Waals surface area contributed by atoms with Crippen molar-refractivity contribution < 1.29 is 22.7 Å². The van der Waals surface area contributed by atoms with E-state index in [9.17, 15) is 18.0 Å². The quantitative estimate of drug-likeness (QED) is 0.478. The van der Waals surface area contributed by atoms with Gasteiger partial charge in [0.05, 0.1) is 30.1 Å². The van der Waals surface area contributed by atoms with E-state index in [1.165, 1.54) is 36.1 Å². The molecule has 0 N–H and O–H groups in total. The number of sulfonamides is 1. The first kappa shape index (κ1) is 23.1. The Morgan fingerprint density at radius 1 is 1.13 bits per heavy atom. The van der Waals surface area contributed by atoms with Crippen molar-refractivity contribution in [3.05, 3.63) is 64.3 Å². The Kier molecular flexibility index (Phi) is 6.64. The monoisotopic (exact) mass is 482 g/mol. The predicted molar refractivity (Wildman–Crippen MR) is 122 cm³/mol. The molecule has 2 aromatic carbocycles. The number of anilines is 1. The second-order valence-electron chi connectivity index (χ2n) is 6.87. The number of hydrogen-bond donors (Lipinski definition) is 0. The maximum absolute atomic E-state index is 13.6. The van der Waals surface area contributed by atoms with Crippen molar-refractivity contribution in [3.63, 3.8) is 0 Å². The fourth-order valence-corrected chi connectivity index (χ4v) is 5.21. The molecule has 1 unspecified atom stereocenters. The molecular formula is C21H20Cl2N2O5S. The van der Waals surface area contributed by atoms with Crippen LogP contribution in [0, 0.1) is 0 Å². The average molecular weight is 483 g/mol. The van der Waals surface area contributed by atoms with Crippen molar-refractivity contribution >= 4 is 61.7 Å². The topological polar surface area (TPSA) is 85.7 Å². The molecule has 3 aromatic rings. The van der Waals surface area contributed by atoms with E-state index in [1.54, 1.807) is 31.2 Å². The minimum atomic E-state index is -3.89. The second-order valence-corrected chi connectivity index (χ2v) is 9.60. The molecule has 0 fully saturated rings. The van der Waals surface area contributed by atoms with E-state index in [4.69, 9.17) is 27.9 Å². The molecule has 7 nitrogen and oxygen atoms in total. The van der Waals surface area contributed by atoms with E-state index < -0.39 is 27.9 Å². The zero-order valence-electron chi connectivity index (χ0n) is 17.0. The van der Waals surface area contributed by atoms with Gasteiger partial charge in [0.1, 0.15) is 6.04 Å². The first-order valence-electron chi connectivity index (χ1n) is 9.26. The number of fused-ring (bicyclic) bond motifs is 1. The number of carbonyl (C=O) groups is 2. The third-order valence-electron chi connectivity index (χ3n) is 4.77. The molecule has 0 bridgehead atoms. The standard InChI is InChI=1S/C21H20Cl2N2O5S/c1-4-18(25(31(3,28)29)15-10-13(22)9-14(23)11-15)20(26)24-12-17(21(27)30-2)16-7-5-6-8-19(16)24/h5-12,18H,4H2,1-3H3. The molecule has 1 heterocycles. The summed E-state index contributed by atoms with van der Waals surface area (Å²) in [6.45, 7) is 1.69. The van der Waals surface area contributed by atoms with Crippen molar-refractivity contribution in [1.82, 2.24) is 4.57 Å². The summed E-state index contributed by atoms with van der Waals surface area (Å²) < 4.78 is 32.5. The molecule has 10 heteroatoms. The van der Waals surface area contributed by atoms with Crippen LogP contribution >= 0.6 is 23.2 Å². The highest BCUT2D eigenvalue weighted by Crippen LogP contribution is 2.31. The Labute approximate surface area is 190 Å². The Bertz CT molecular complexity index is 1250. The fourth-order valence-electron chi connectivity index (χ4n) is 3.50. The molecule has 3 rings (SSSR count). The molecule has 164 valence electrons. The number of hydrogen-bond acceptors (Lipinski definition) is 5. The van der Waals surface area contributed by atoms with Crippen LogP contribution in [0.5, 0.6) is 0 Å². The summed E-state index contributed by atoms with van der Waals surface area (Å²) in [6.07, 6.45) is 2.54. The summed E-state index contributed by atoms with van der Waals surface area (Å²) in [7, 11) is -2.64. The first-order chi connectivity index (χ1) is 14.6. The summed E-state index contributed by atoms with van der Waals surface area (Å²) in [4.78, 5) is 25.8. The molecule has 0 aliphatic carbocycles. The van der Waals surface area contributed by atoms with Crippen molar-refractivity contribution in [2.24, 2.45) is 0 Å². The molecule has 0 amide bonds. The summed E-state index contributed by atoms with van der Waals surface area (Å²) in [5.74, 6) is -1.13. The van der Waals surface area contributed by atoms with Gasteiger partial charge >= 0.3 is 5.97 Å². The maximum Gasteiger partial charge on any atom is 0.340 e. The molecule has 0 radical (unpaired) electrons. The Morgan fingerprint density at radius 3 is 2.29 bits per heavy atom. The number of carbonyl (C=O) groups excluding carboxylic acids is 2. The SMILES string of the molecule is CCC(C(=O)n1cc(C(=O)OC)c2ccccc21)N(c1cc(Cl)cc(Cl)c1)S(C)(=O)=O. The Balaban J connectivity index is 2.19. The van der Waals surface area contributed by atoms with Crippen LogP contribution in [0.25, 0.3) is 10.9 Å². The first-order valence-corrected chi connectivity index (χ1v) is 11.9. The van der Waals surface area contributed by atoms with Gasteiger partial charge in [-0.1, -0.05) is 48.3 Å². The minimum absolute atomic E-state index is 0.163. The summed E-state index contributed by atoms with van der Waals surface area (Å²) in [5.41, 5.74) is 0.840. The van der Waals surface area contributed by atoms with Crippen molar-refractivity contribution in [2.45, 2.75) is 19.4 Å². The van der Waals surface area contributed by atoms with E-state index >= 15 is 0 Å². The van der Waals surface area contributed by atoms with Gasteiger partial charge in [-0.05, 0) is 30.7 Å². The van der Waals surface area contributed by atoms with Gasteiger partial charge in [-0.15, -0.1) is 0 Å². The number of benzene rings is 2. The van der Waals surface area contributed by atoms with Crippen LogP contribution in [0.3, 0.4) is 0 Å². The molecule has 0 aliphatic heterocycles. The van der Waals surface area contributed by atoms with Crippen LogP contribution in [0.15, 0.2) is 48.7 Å². The number of methoxy groups -OCH3 is 1. The molecule has 0 spiro atoms. The highest BCUT2D eigenvalue weighted by molar-refractivity contribution is 7.92. The van der Waals surface area contributed by atoms with Gasteiger partial charge in [-0.25, -0.2) is 13.2 Å². The Morgan fingerprint density at radius 2 is 1.74 bits per heavy atom. The lowest BCUT2D eigenvalue weighted by molar-refractivity contribution is 0.0603. The van der Waals surface area contributed by atoms with E-state index in [0.717, 1.165) is 10.6 Å². The van der Waals surface area contributed by atoms with E-state index in [1.807, 2.05) is 0 Å². The van der Waals surface area contributed by atoms with Crippen LogP contribution in [-0.4, -0.2) is 44.3 Å². The lowest BCUT2D eigenvalue weighted by Crippen LogP contribution is -2.46. The molecule has 0 aliphatic rings. The average Bonchev–Trinajstić information content (AvgIpc) is 3.08. The van der Waals surface area contributed by atoms with Crippen LogP contribution in [-0.2, 0) is 14.8 Å². The maximum atomic E-state index is 13.6. The minimum Gasteiger partial charge on any atom is -0.465 e. The zero-order valence-corrected chi connectivity index (χ0v) is 19.3. The van der Waals surface area contributed by atoms with Gasteiger partial charge in [0, 0.05) is 21.6 Å². The largest absolute Gasteiger partial charge is 0.465 e. The third-order valence-corrected chi connectivity index (χ3v) is 6.38. The van der Waals surface area contributed by atoms with Gasteiger partial charge in [0.25, 0.3) is 5.91 Å². The number of esters is 1. The van der Waals surface area contributed by atoms with Gasteiger partial charge < -0.3 is 4.74 Å². The third kappa shape index (κ3) is 4.56. The lowest BCUT2D eigenvalue weighted by atomic mass is 10.1.